The standard InChI is InChI=1S/C28H23N3O5/c32-26(33)25(16-18-10-12-19(13-11-18)36-27-29-14-5-15-30-27)31-28(34)35-17-24-22-8-3-1-6-20(22)21-7-2-4-9-23(21)24/h1-15,24-25H,16-17H2,(H,31,34)(H,32,33). The molecule has 2 N–H and O–H groups in total. The summed E-state index contributed by atoms with van der Waals surface area (Å²) < 4.78 is 11.0. The number of benzene rings is 3. The molecule has 1 heterocycles. The van der Waals surface area contributed by atoms with Crippen LogP contribution in [0.3, 0.4) is 0 Å². The van der Waals surface area contributed by atoms with Crippen LogP contribution in [-0.4, -0.2) is 39.8 Å². The molecule has 8 nitrogen and oxygen atoms in total. The maximum absolute atomic E-state index is 12.6. The molecule has 3 aromatic carbocycles. The summed E-state index contributed by atoms with van der Waals surface area (Å²) in [7, 11) is 0. The lowest BCUT2D eigenvalue weighted by atomic mass is 9.98. The van der Waals surface area contributed by atoms with E-state index in [0.717, 1.165) is 22.3 Å². The van der Waals surface area contributed by atoms with E-state index in [-0.39, 0.29) is 25.0 Å². The molecule has 1 amide bonds. The summed E-state index contributed by atoms with van der Waals surface area (Å²) in [4.78, 5) is 32.4. The number of carboxylic acids is 1. The van der Waals surface area contributed by atoms with Gasteiger partial charge in [-0.3, -0.25) is 0 Å². The minimum atomic E-state index is -1.15. The molecule has 4 aromatic rings. The van der Waals surface area contributed by atoms with Crippen molar-refractivity contribution >= 4 is 12.1 Å². The molecule has 0 radical (unpaired) electrons. The lowest BCUT2D eigenvalue weighted by molar-refractivity contribution is -0.139. The maximum Gasteiger partial charge on any atom is 0.407 e. The average molecular weight is 482 g/mol. The van der Waals surface area contributed by atoms with Gasteiger partial charge in [-0.05, 0) is 46.0 Å². The third-order valence-corrected chi connectivity index (χ3v) is 6.05. The molecule has 0 saturated carbocycles. The molecule has 0 fully saturated rings. The van der Waals surface area contributed by atoms with Gasteiger partial charge in [0.1, 0.15) is 18.4 Å². The van der Waals surface area contributed by atoms with Crippen molar-refractivity contribution in [2.45, 2.75) is 18.4 Å². The summed E-state index contributed by atoms with van der Waals surface area (Å²) in [5.74, 6) is -0.740. The number of hydrogen-bond donors (Lipinski definition) is 2. The Hall–Kier alpha value is -4.72. The number of carboxylic acid groups (broad SMARTS) is 1. The summed E-state index contributed by atoms with van der Waals surface area (Å²) >= 11 is 0. The van der Waals surface area contributed by atoms with Gasteiger partial charge in [0.25, 0.3) is 0 Å². The fraction of sp³-hybridized carbons (Fsp3) is 0.143. The Balaban J connectivity index is 1.20. The number of aliphatic carboxylic acids is 1. The Labute approximate surface area is 207 Å². The quantitative estimate of drug-likeness (QED) is 0.372. The van der Waals surface area contributed by atoms with Crippen molar-refractivity contribution in [3.8, 4) is 22.9 Å². The van der Waals surface area contributed by atoms with E-state index in [4.69, 9.17) is 9.47 Å². The third-order valence-electron chi connectivity index (χ3n) is 6.05. The van der Waals surface area contributed by atoms with E-state index in [9.17, 15) is 14.7 Å². The highest BCUT2D eigenvalue weighted by atomic mass is 16.5. The zero-order chi connectivity index (χ0) is 24.9. The summed E-state index contributed by atoms with van der Waals surface area (Å²) in [6.07, 6.45) is 2.46. The topological polar surface area (TPSA) is 111 Å². The van der Waals surface area contributed by atoms with Crippen LogP contribution in [0.4, 0.5) is 4.79 Å². The van der Waals surface area contributed by atoms with Crippen molar-refractivity contribution < 1.29 is 24.2 Å². The molecule has 1 atom stereocenters. The van der Waals surface area contributed by atoms with Crippen molar-refractivity contribution in [3.63, 3.8) is 0 Å². The van der Waals surface area contributed by atoms with Crippen LogP contribution in [0.15, 0.2) is 91.3 Å². The molecule has 1 aromatic heterocycles. The van der Waals surface area contributed by atoms with Crippen LogP contribution >= 0.6 is 0 Å². The van der Waals surface area contributed by atoms with Gasteiger partial charge >= 0.3 is 18.1 Å². The number of rotatable bonds is 8. The van der Waals surface area contributed by atoms with E-state index >= 15 is 0 Å². The molecule has 1 aliphatic rings. The van der Waals surface area contributed by atoms with Gasteiger partial charge in [-0.15, -0.1) is 0 Å². The number of aromatic nitrogens is 2. The lowest BCUT2D eigenvalue weighted by Gasteiger charge is -2.17. The number of carbonyl (C=O) groups is 2. The molecular weight excluding hydrogens is 458 g/mol. The normalized spacial score (nSPS) is 12.8. The molecule has 180 valence electrons. The summed E-state index contributed by atoms with van der Waals surface area (Å²) in [6.45, 7) is 0.111. The summed E-state index contributed by atoms with van der Waals surface area (Å²) in [6, 6.07) is 23.6. The van der Waals surface area contributed by atoms with Crippen molar-refractivity contribution in [3.05, 3.63) is 108 Å². The van der Waals surface area contributed by atoms with E-state index in [2.05, 4.69) is 27.4 Å². The Morgan fingerprint density at radius 2 is 1.47 bits per heavy atom. The number of alkyl carbamates (subject to hydrolysis) is 1. The van der Waals surface area contributed by atoms with Gasteiger partial charge in [-0.25, -0.2) is 19.6 Å². The first kappa shape index (κ1) is 23.0. The van der Waals surface area contributed by atoms with Crippen molar-refractivity contribution in [1.29, 1.82) is 0 Å². The predicted molar refractivity (Wildman–Crippen MR) is 132 cm³/mol. The second kappa shape index (κ2) is 10.3. The van der Waals surface area contributed by atoms with Crippen molar-refractivity contribution in [2.24, 2.45) is 0 Å². The van der Waals surface area contributed by atoms with E-state index in [1.54, 1.807) is 42.7 Å². The van der Waals surface area contributed by atoms with E-state index < -0.39 is 18.1 Å². The number of nitrogens with one attached hydrogen (secondary N) is 1. The highest BCUT2D eigenvalue weighted by Gasteiger charge is 2.29. The van der Waals surface area contributed by atoms with Crippen LogP contribution in [0, 0.1) is 0 Å². The largest absolute Gasteiger partial charge is 0.480 e. The third kappa shape index (κ3) is 5.02. The van der Waals surface area contributed by atoms with Crippen LogP contribution in [0.2, 0.25) is 0 Å². The fourth-order valence-corrected chi connectivity index (χ4v) is 4.36. The molecule has 8 heteroatoms. The Morgan fingerprint density at radius 3 is 2.08 bits per heavy atom. The van der Waals surface area contributed by atoms with Crippen LogP contribution < -0.4 is 10.1 Å². The highest BCUT2D eigenvalue weighted by Crippen LogP contribution is 2.44. The molecule has 5 rings (SSSR count). The first-order valence-corrected chi connectivity index (χ1v) is 11.5. The number of carbonyl (C=O) groups excluding carboxylic acids is 1. The van der Waals surface area contributed by atoms with Crippen LogP contribution in [0.1, 0.15) is 22.6 Å². The molecule has 0 bridgehead atoms. The first-order chi connectivity index (χ1) is 17.6. The van der Waals surface area contributed by atoms with Gasteiger partial charge in [-0.1, -0.05) is 60.7 Å². The van der Waals surface area contributed by atoms with Crippen LogP contribution in [0.25, 0.3) is 11.1 Å². The van der Waals surface area contributed by atoms with E-state index in [1.807, 2.05) is 36.4 Å². The zero-order valence-corrected chi connectivity index (χ0v) is 19.2. The van der Waals surface area contributed by atoms with E-state index in [0.29, 0.717) is 11.3 Å². The summed E-state index contributed by atoms with van der Waals surface area (Å²) in [5.41, 5.74) is 5.13. The SMILES string of the molecule is O=C(NC(Cc1ccc(Oc2ncccn2)cc1)C(=O)O)OCC1c2ccccc2-c2ccccc21. The number of ether oxygens (including phenoxy) is 2. The number of hydrogen-bond acceptors (Lipinski definition) is 6. The zero-order valence-electron chi connectivity index (χ0n) is 19.2. The number of fused-ring (bicyclic) bond motifs is 3. The Kier molecular flexibility index (Phi) is 6.57. The molecule has 36 heavy (non-hydrogen) atoms. The van der Waals surface area contributed by atoms with E-state index in [1.165, 1.54) is 0 Å². The second-order valence-corrected chi connectivity index (χ2v) is 8.34. The first-order valence-electron chi connectivity index (χ1n) is 11.5. The molecular formula is C28H23N3O5. The molecule has 1 unspecified atom stereocenters. The van der Waals surface area contributed by atoms with Crippen molar-refractivity contribution in [1.82, 2.24) is 15.3 Å². The number of amides is 1. The molecule has 0 spiro atoms. The van der Waals surface area contributed by atoms with Gasteiger partial charge in [0.2, 0.25) is 0 Å². The monoisotopic (exact) mass is 481 g/mol. The fourth-order valence-electron chi connectivity index (χ4n) is 4.36. The molecule has 0 aliphatic heterocycles. The van der Waals surface area contributed by atoms with Crippen LogP contribution in [0.5, 0.6) is 11.8 Å². The minimum absolute atomic E-state index is 0.0850. The average Bonchev–Trinajstić information content (AvgIpc) is 3.22. The minimum Gasteiger partial charge on any atom is -0.480 e. The molecule has 0 saturated heterocycles. The van der Waals surface area contributed by atoms with Crippen LogP contribution in [-0.2, 0) is 16.0 Å². The van der Waals surface area contributed by atoms with Gasteiger partial charge in [0.15, 0.2) is 0 Å². The second-order valence-electron chi connectivity index (χ2n) is 8.34. The predicted octanol–water partition coefficient (Wildman–Crippen LogP) is 4.80. The number of nitrogens with zero attached hydrogens (tertiary/aromatic N) is 2. The maximum atomic E-state index is 12.6. The molecule has 1 aliphatic carbocycles. The highest BCUT2D eigenvalue weighted by molar-refractivity contribution is 5.81. The van der Waals surface area contributed by atoms with Gasteiger partial charge in [0, 0.05) is 24.7 Å². The van der Waals surface area contributed by atoms with Crippen molar-refractivity contribution in [2.75, 3.05) is 6.61 Å². The lowest BCUT2D eigenvalue weighted by Crippen LogP contribution is -2.42. The van der Waals surface area contributed by atoms with Gasteiger partial charge in [0.05, 0.1) is 0 Å². The summed E-state index contributed by atoms with van der Waals surface area (Å²) in [5, 5.41) is 12.1. The Morgan fingerprint density at radius 1 is 0.861 bits per heavy atom. The Bertz CT molecular complexity index is 1330. The van der Waals surface area contributed by atoms with Gasteiger partial charge in [-0.2, -0.15) is 0 Å². The smallest absolute Gasteiger partial charge is 0.407 e. The van der Waals surface area contributed by atoms with Gasteiger partial charge < -0.3 is 19.9 Å².